The quantitative estimate of drug-likeness (QED) is 0.124. The van der Waals surface area contributed by atoms with Gasteiger partial charge in [-0.05, 0) is 79.7 Å². The lowest BCUT2D eigenvalue weighted by molar-refractivity contribution is -0.115. The first-order valence-electron chi connectivity index (χ1n) is 12.5. The van der Waals surface area contributed by atoms with Crippen LogP contribution >= 0.6 is 58.2 Å². The molecule has 4 aromatic carbocycles. The Morgan fingerprint density at radius 2 is 1.36 bits per heavy atom. The van der Waals surface area contributed by atoms with Crippen molar-refractivity contribution in [2.24, 2.45) is 0 Å². The Kier molecular flexibility index (Phi) is 11.0. The molecule has 0 aliphatic heterocycles. The van der Waals surface area contributed by atoms with Gasteiger partial charge in [-0.3, -0.25) is 14.4 Å². The summed E-state index contributed by atoms with van der Waals surface area (Å²) >= 11 is 26.0. The van der Waals surface area contributed by atoms with Gasteiger partial charge in [-0.2, -0.15) is 0 Å². The van der Waals surface area contributed by atoms with Crippen LogP contribution in [0.5, 0.6) is 0 Å². The van der Waals surface area contributed by atoms with E-state index in [2.05, 4.69) is 16.0 Å². The topological polar surface area (TPSA) is 87.3 Å². The molecule has 1 atom stereocenters. The van der Waals surface area contributed by atoms with Crippen molar-refractivity contribution >= 4 is 93.3 Å². The second kappa shape index (κ2) is 14.6. The van der Waals surface area contributed by atoms with Crippen molar-refractivity contribution in [3.8, 4) is 0 Å². The number of amides is 3. The minimum atomic E-state index is -0.580. The van der Waals surface area contributed by atoms with Crippen LogP contribution in [0.4, 0.5) is 11.4 Å². The number of hydrogen-bond donors (Lipinski definition) is 3. The number of halogens is 4. The predicted octanol–water partition coefficient (Wildman–Crippen LogP) is 8.83. The maximum absolute atomic E-state index is 13.3. The van der Waals surface area contributed by atoms with Gasteiger partial charge in [0, 0.05) is 47.5 Å². The largest absolute Gasteiger partial charge is 0.325 e. The third kappa shape index (κ3) is 8.77. The fourth-order valence-electron chi connectivity index (χ4n) is 3.68. The predicted molar refractivity (Wildman–Crippen MR) is 174 cm³/mol. The molecule has 0 aliphatic rings. The molecule has 0 spiro atoms. The number of benzene rings is 4. The van der Waals surface area contributed by atoms with E-state index in [1.165, 1.54) is 17.8 Å². The van der Waals surface area contributed by atoms with Gasteiger partial charge in [0.2, 0.25) is 5.91 Å². The van der Waals surface area contributed by atoms with Crippen molar-refractivity contribution in [3.63, 3.8) is 0 Å². The Labute approximate surface area is 267 Å². The Bertz CT molecular complexity index is 1610. The molecule has 0 saturated carbocycles. The van der Waals surface area contributed by atoms with Gasteiger partial charge in [-0.1, -0.05) is 70.7 Å². The van der Waals surface area contributed by atoms with Gasteiger partial charge in [-0.15, -0.1) is 11.8 Å². The molecule has 0 aliphatic carbocycles. The van der Waals surface area contributed by atoms with Crippen molar-refractivity contribution < 1.29 is 14.4 Å². The Morgan fingerprint density at radius 3 is 1.98 bits per heavy atom. The number of anilines is 2. The molecule has 6 nitrogen and oxygen atoms in total. The van der Waals surface area contributed by atoms with E-state index in [1.807, 2.05) is 0 Å². The maximum atomic E-state index is 13.3. The lowest BCUT2D eigenvalue weighted by atomic mass is 10.1. The summed E-state index contributed by atoms with van der Waals surface area (Å²) in [6.07, 6.45) is 1.43. The van der Waals surface area contributed by atoms with E-state index in [0.717, 1.165) is 4.90 Å². The van der Waals surface area contributed by atoms with Crippen LogP contribution in [0.3, 0.4) is 0 Å². The van der Waals surface area contributed by atoms with Crippen LogP contribution in [0.15, 0.2) is 102 Å². The van der Waals surface area contributed by atoms with Gasteiger partial charge in [0.15, 0.2) is 0 Å². The second-order valence-corrected chi connectivity index (χ2v) is 12.0. The normalized spacial score (nSPS) is 11.9. The Hall–Kier alpha value is -3.46. The number of nitrogens with one attached hydrogen (secondary N) is 3. The molecule has 0 aromatic heterocycles. The van der Waals surface area contributed by atoms with Crippen LogP contribution < -0.4 is 16.0 Å². The summed E-state index contributed by atoms with van der Waals surface area (Å²) in [7, 11) is 0. The average Bonchev–Trinajstić information content (AvgIpc) is 2.95. The third-order valence-electron chi connectivity index (χ3n) is 5.74. The number of thioether (sulfide) groups is 1. The van der Waals surface area contributed by atoms with E-state index in [9.17, 15) is 14.4 Å². The molecule has 4 rings (SSSR count). The highest BCUT2D eigenvalue weighted by molar-refractivity contribution is 8.00. The number of hydrogen-bond acceptors (Lipinski definition) is 4. The molecule has 3 N–H and O–H groups in total. The molecule has 0 bridgehead atoms. The zero-order valence-electron chi connectivity index (χ0n) is 22.0. The molecule has 214 valence electrons. The second-order valence-electron chi connectivity index (χ2n) is 8.90. The van der Waals surface area contributed by atoms with E-state index in [4.69, 9.17) is 46.4 Å². The Morgan fingerprint density at radius 1 is 0.738 bits per heavy atom. The molecule has 1 unspecified atom stereocenters. The number of rotatable bonds is 9. The standard InChI is InChI=1S/C31H23Cl4N3O3S/c1-18(29(39)37-23-15-20(32)14-21(33)16-23)42-24-12-10-22(11-13-24)36-31(41)28(17-25-26(34)8-5-9-27(25)35)38-30(40)19-6-3-2-4-7-19/h2-18H,1H3,(H,36,41)(H,37,39)(H,38,40)/b28-17-. The number of carbonyl (C=O) groups excluding carboxylic acids is 3. The summed E-state index contributed by atoms with van der Waals surface area (Å²) in [6, 6.07) is 25.2. The number of carbonyl (C=O) groups is 3. The zero-order valence-corrected chi connectivity index (χ0v) is 25.8. The summed E-state index contributed by atoms with van der Waals surface area (Å²) in [6.45, 7) is 1.77. The maximum Gasteiger partial charge on any atom is 0.272 e. The highest BCUT2D eigenvalue weighted by Crippen LogP contribution is 2.29. The first-order chi connectivity index (χ1) is 20.1. The molecular weight excluding hydrogens is 636 g/mol. The molecule has 0 radical (unpaired) electrons. The molecule has 0 saturated heterocycles. The van der Waals surface area contributed by atoms with Crippen molar-refractivity contribution in [2.45, 2.75) is 17.1 Å². The fourth-order valence-corrected chi connectivity index (χ4v) is 5.58. The third-order valence-corrected chi connectivity index (χ3v) is 7.95. The van der Waals surface area contributed by atoms with Gasteiger partial charge in [0.25, 0.3) is 11.8 Å². The molecule has 0 heterocycles. The highest BCUT2D eigenvalue weighted by atomic mass is 35.5. The molecule has 11 heteroatoms. The van der Waals surface area contributed by atoms with Crippen LogP contribution in [-0.2, 0) is 9.59 Å². The minimum Gasteiger partial charge on any atom is -0.325 e. The summed E-state index contributed by atoms with van der Waals surface area (Å²) in [5, 5.41) is 9.29. The van der Waals surface area contributed by atoms with Crippen LogP contribution in [0.25, 0.3) is 6.08 Å². The minimum absolute atomic E-state index is 0.0521. The van der Waals surface area contributed by atoms with Crippen molar-refractivity contribution in [2.75, 3.05) is 10.6 Å². The Balaban J connectivity index is 1.46. The molecule has 3 amide bonds. The van der Waals surface area contributed by atoms with Crippen LogP contribution in [-0.4, -0.2) is 23.0 Å². The van der Waals surface area contributed by atoms with E-state index < -0.39 is 17.1 Å². The zero-order chi connectivity index (χ0) is 30.2. The van der Waals surface area contributed by atoms with E-state index in [0.29, 0.717) is 42.6 Å². The lowest BCUT2D eigenvalue weighted by Gasteiger charge is -2.14. The van der Waals surface area contributed by atoms with Gasteiger partial charge in [0.1, 0.15) is 5.70 Å². The summed E-state index contributed by atoms with van der Waals surface area (Å²) in [5.41, 5.74) is 1.69. The smallest absolute Gasteiger partial charge is 0.272 e. The van der Waals surface area contributed by atoms with Gasteiger partial charge in [0.05, 0.1) is 5.25 Å². The molecule has 0 fully saturated rings. The van der Waals surface area contributed by atoms with Gasteiger partial charge in [-0.25, -0.2) is 0 Å². The monoisotopic (exact) mass is 657 g/mol. The highest BCUT2D eigenvalue weighted by Gasteiger charge is 2.18. The van der Waals surface area contributed by atoms with Crippen LogP contribution in [0.1, 0.15) is 22.8 Å². The van der Waals surface area contributed by atoms with Crippen molar-refractivity contribution in [1.82, 2.24) is 5.32 Å². The average molecular weight is 659 g/mol. The molecule has 4 aromatic rings. The first-order valence-corrected chi connectivity index (χ1v) is 14.9. The van der Waals surface area contributed by atoms with E-state index in [-0.39, 0.29) is 11.6 Å². The first kappa shape index (κ1) is 31.5. The van der Waals surface area contributed by atoms with Crippen molar-refractivity contribution in [3.05, 3.63) is 128 Å². The van der Waals surface area contributed by atoms with Crippen LogP contribution in [0.2, 0.25) is 20.1 Å². The van der Waals surface area contributed by atoms with Gasteiger partial charge >= 0.3 is 0 Å². The fraction of sp³-hybridized carbons (Fsp3) is 0.0645. The van der Waals surface area contributed by atoms with Gasteiger partial charge < -0.3 is 16.0 Å². The van der Waals surface area contributed by atoms with Crippen LogP contribution in [0, 0.1) is 0 Å². The molecule has 42 heavy (non-hydrogen) atoms. The van der Waals surface area contributed by atoms with E-state index >= 15 is 0 Å². The summed E-state index contributed by atoms with van der Waals surface area (Å²) < 4.78 is 0. The summed E-state index contributed by atoms with van der Waals surface area (Å²) in [4.78, 5) is 39.7. The SMILES string of the molecule is CC(Sc1ccc(NC(=O)/C(=C/c2c(Cl)cccc2Cl)NC(=O)c2ccccc2)cc1)C(=O)Nc1cc(Cl)cc(Cl)c1. The molecular formula is C31H23Cl4N3O3S. The lowest BCUT2D eigenvalue weighted by Crippen LogP contribution is -2.30. The van der Waals surface area contributed by atoms with Crippen molar-refractivity contribution in [1.29, 1.82) is 0 Å². The summed E-state index contributed by atoms with van der Waals surface area (Å²) in [5.74, 6) is -1.28. The van der Waals surface area contributed by atoms with E-state index in [1.54, 1.807) is 97.9 Å².